The maximum atomic E-state index is 12.4. The minimum atomic E-state index is -3.99. The molecule has 0 spiro atoms. The zero-order chi connectivity index (χ0) is 84.5. The predicted molar refractivity (Wildman–Crippen MR) is 412 cm³/mol. The van der Waals surface area contributed by atoms with Crippen LogP contribution in [0, 0.1) is 117 Å². The summed E-state index contributed by atoms with van der Waals surface area (Å²) in [5.41, 5.74) is 0.872. The molecule has 4 aliphatic rings. The Morgan fingerprint density at radius 2 is 0.680 bits per heavy atom. The van der Waals surface area contributed by atoms with Crippen LogP contribution in [0.2, 0.25) is 0 Å². The van der Waals surface area contributed by atoms with Gasteiger partial charge in [-0.3, -0.25) is 0 Å². The van der Waals surface area contributed by atoms with Crippen molar-refractivity contribution < 1.29 is 70.0 Å². The number of halogens is 15. The van der Waals surface area contributed by atoms with Gasteiger partial charge in [-0.25, -0.2) is 0 Å². The Morgan fingerprint density at radius 1 is 0.350 bits per heavy atom. The van der Waals surface area contributed by atoms with Gasteiger partial charge in [0.1, 0.15) is 0 Å². The van der Waals surface area contributed by atoms with Crippen molar-refractivity contribution in [2.75, 3.05) is 0 Å². The van der Waals surface area contributed by atoms with Gasteiger partial charge in [0, 0.05) is 4.11 Å². The average molecular weight is 1480 g/mol. The summed E-state index contributed by atoms with van der Waals surface area (Å²) in [6.07, 6.45) is 1.02. The van der Waals surface area contributed by atoms with E-state index in [0.29, 0.717) is 42.9 Å². The van der Waals surface area contributed by atoms with E-state index in [2.05, 4.69) is 132 Å². The molecular formula is C85H173F15. The first-order chi connectivity index (χ1) is 45.7. The SMILES string of the molecule is CC1CC(C(F)(F)F)C[C@@H](C)C1.CC1CCC(C)C1C.CC1CCCC(C(F)(F)F)[C@@H]1C.CC1C[C@H](C)CC1C(F)(F)F.CCC(C)C.CCC(C)C(F)(F)F.CCCC(C)(C)C.CCCC(C)(C)C.CCCC(C)C.CCCC(C)C(F)(F)F.CCCCC.[2H]C(C)(C)C.[2H]C([2H])(C)C(C)(C)C. The summed E-state index contributed by atoms with van der Waals surface area (Å²) >= 11 is 0. The molecule has 0 radical (unpaired) electrons. The lowest BCUT2D eigenvalue weighted by molar-refractivity contribution is -0.199. The summed E-state index contributed by atoms with van der Waals surface area (Å²) in [4.78, 5) is 0. The summed E-state index contributed by atoms with van der Waals surface area (Å²) in [6, 6.07) is 0. The standard InChI is InChI=1S/2C9H15F3.C8H13F3.C8H16.2C7H16.C6H11F3.2C6H14.C5H9F3.2C5H12.C4H10/c1-6-3-7(2)5-8(4-6)9(10,11)12;1-6-4-3-5-8(7(6)2)9(10,11)12;1-5-3-6(2)7(4-5)8(9,10)11;1-6-4-5-7(2)8(6)3;2*1-5-6-7(2,3)4;1-3-4-5(2)6(7,8)9;1-5-6(2,3)4;1-4-5-6(2)3;1-3-4(2)5(6,7)8;1-4-5(2)3;1-3-5-4-2;1-4(2)3/h2*6-8H,3-5H2,1-2H3;5-7H,3-4H2,1-2H3;6-8H,4-5H2,1-3H3;2*5-6H2,1-4H3;5H,3-4H2,1-2H3;5H2,1-4H3;6H,4-5H2,1-3H3;4H,3H2,1-2H3;5H,4H2,1-3H3;3-5H2,1-2H3;4H,1-3H3/t6-,7?,8?;6?,7-,8?;5-,6?,7?;;;;;;;;;;/m010........../s1/i;;;;;;;5D2;;;;;4D. The van der Waals surface area contributed by atoms with Gasteiger partial charge in [0.05, 0.1) is 29.6 Å². The van der Waals surface area contributed by atoms with Crippen LogP contribution in [-0.2, 0) is 0 Å². The molecule has 15 heteroatoms. The van der Waals surface area contributed by atoms with Crippen molar-refractivity contribution in [3.8, 4) is 0 Å². The maximum Gasteiger partial charge on any atom is 0.392 e. The lowest BCUT2D eigenvalue weighted by Crippen LogP contribution is -2.35. The number of hydrogen-bond donors (Lipinski definition) is 0. The first-order valence-corrected chi connectivity index (χ1v) is 39.6. The fourth-order valence-electron chi connectivity index (χ4n) is 11.1. The average Bonchev–Trinajstić information content (AvgIpc) is 1.77. The smallest absolute Gasteiger partial charge is 0.171 e. The summed E-state index contributed by atoms with van der Waals surface area (Å²) in [6.45, 7) is 72.6. The van der Waals surface area contributed by atoms with E-state index in [-0.39, 0.29) is 59.7 Å². The van der Waals surface area contributed by atoms with Gasteiger partial charge in [-0.2, -0.15) is 65.9 Å². The molecule has 0 aromatic carbocycles. The summed E-state index contributed by atoms with van der Waals surface area (Å²) in [7, 11) is 0. The first kappa shape index (κ1) is 110. The molecule has 13 atom stereocenters. The Bertz CT molecular complexity index is 1770. The molecule has 4 fully saturated rings. The van der Waals surface area contributed by atoms with E-state index in [1.807, 2.05) is 69.2 Å². The first-order valence-electron chi connectivity index (χ1n) is 41.1. The van der Waals surface area contributed by atoms with Crippen LogP contribution in [0.5, 0.6) is 0 Å². The zero-order valence-electron chi connectivity index (χ0n) is 75.2. The maximum absolute atomic E-state index is 12.4. The Hall–Kier alpha value is -1.05. The molecule has 0 heterocycles. The highest BCUT2D eigenvalue weighted by Gasteiger charge is 2.48. The van der Waals surface area contributed by atoms with Crippen molar-refractivity contribution in [3.05, 3.63) is 0 Å². The molecule has 0 N–H and O–H groups in total. The molecule has 618 valence electrons. The third-order valence-corrected chi connectivity index (χ3v) is 18.8. The Balaban J connectivity index is -0.000000134. The molecular weight excluding hydrogens is 1310 g/mol. The van der Waals surface area contributed by atoms with Crippen LogP contribution in [0.15, 0.2) is 0 Å². The van der Waals surface area contributed by atoms with E-state index in [0.717, 1.165) is 55.3 Å². The van der Waals surface area contributed by atoms with Gasteiger partial charge in [0.2, 0.25) is 0 Å². The highest BCUT2D eigenvalue weighted by Crippen LogP contribution is 2.46. The van der Waals surface area contributed by atoms with Gasteiger partial charge in [0.25, 0.3) is 0 Å². The molecule has 100 heavy (non-hydrogen) atoms. The highest BCUT2D eigenvalue weighted by molar-refractivity contribution is 4.84. The molecule has 4 saturated carbocycles. The Kier molecular flexibility index (Phi) is 68.0. The molecule has 0 nitrogen and oxygen atoms in total. The van der Waals surface area contributed by atoms with Crippen LogP contribution in [0.25, 0.3) is 0 Å². The number of unbranched alkanes of at least 4 members (excludes halogenated alkanes) is 2. The van der Waals surface area contributed by atoms with Crippen molar-refractivity contribution in [1.29, 1.82) is 0 Å². The van der Waals surface area contributed by atoms with Crippen molar-refractivity contribution >= 4 is 0 Å². The molecule has 0 aromatic rings. The summed E-state index contributed by atoms with van der Waals surface area (Å²) < 4.78 is 201. The van der Waals surface area contributed by atoms with Crippen LogP contribution in [0.1, 0.15) is 407 Å². The fourth-order valence-corrected chi connectivity index (χ4v) is 11.1. The van der Waals surface area contributed by atoms with Gasteiger partial charge in [0.15, 0.2) is 0 Å². The molecule has 4 aliphatic carbocycles. The van der Waals surface area contributed by atoms with E-state index in [4.69, 9.17) is 4.11 Å². The predicted octanol–water partition coefficient (Wildman–Crippen LogP) is 35.2. The molecule has 0 aliphatic heterocycles. The van der Waals surface area contributed by atoms with Crippen LogP contribution in [0.4, 0.5) is 65.9 Å². The van der Waals surface area contributed by atoms with Gasteiger partial charge in [-0.15, -0.1) is 0 Å². The third-order valence-electron chi connectivity index (χ3n) is 18.8. The lowest BCUT2D eigenvalue weighted by Gasteiger charge is -2.35. The normalized spacial score (nSPS) is 25.0. The Morgan fingerprint density at radius 3 is 0.810 bits per heavy atom. The monoisotopic (exact) mass is 1480 g/mol. The van der Waals surface area contributed by atoms with E-state index >= 15 is 0 Å². The number of alkyl halides is 15. The van der Waals surface area contributed by atoms with Gasteiger partial charge >= 0.3 is 30.9 Å². The number of rotatable bonds is 10. The van der Waals surface area contributed by atoms with E-state index in [1.165, 1.54) is 97.8 Å². The third kappa shape index (κ3) is 84.2. The molecule has 0 aromatic heterocycles. The molecule has 10 unspecified atom stereocenters. The molecule has 4 rings (SSSR count). The van der Waals surface area contributed by atoms with Crippen LogP contribution >= 0.6 is 0 Å². The molecule has 0 amide bonds. The van der Waals surface area contributed by atoms with Gasteiger partial charge in [-0.1, -0.05) is 339 Å². The van der Waals surface area contributed by atoms with Crippen LogP contribution in [-0.4, -0.2) is 30.9 Å². The molecule has 0 bridgehead atoms. The minimum Gasteiger partial charge on any atom is -0.171 e. The van der Waals surface area contributed by atoms with Crippen molar-refractivity contribution in [2.24, 2.45) is 117 Å². The van der Waals surface area contributed by atoms with Gasteiger partial charge in [-0.05, 0) is 151 Å². The van der Waals surface area contributed by atoms with Crippen LogP contribution < -0.4 is 0 Å². The Labute approximate surface area is 618 Å². The number of hydrogen-bond acceptors (Lipinski definition) is 0. The molecule has 0 saturated heterocycles. The van der Waals surface area contributed by atoms with Crippen molar-refractivity contribution in [3.63, 3.8) is 0 Å². The van der Waals surface area contributed by atoms with Crippen LogP contribution in [0.3, 0.4) is 0 Å². The quantitative estimate of drug-likeness (QED) is 0.191. The highest BCUT2D eigenvalue weighted by atomic mass is 19.4. The minimum absolute atomic E-state index is 0.170. The second-order valence-electron chi connectivity index (χ2n) is 35.2. The zero-order valence-corrected chi connectivity index (χ0v) is 72.2. The topological polar surface area (TPSA) is 0 Å². The van der Waals surface area contributed by atoms with E-state index in [1.54, 1.807) is 27.7 Å². The second-order valence-corrected chi connectivity index (χ2v) is 35.2. The lowest BCUT2D eigenvalue weighted by atomic mass is 9.73. The van der Waals surface area contributed by atoms with Gasteiger partial charge < -0.3 is 0 Å². The van der Waals surface area contributed by atoms with E-state index in [9.17, 15) is 65.9 Å². The summed E-state index contributed by atoms with van der Waals surface area (Å²) in [5.74, 6) is -0.360. The van der Waals surface area contributed by atoms with Crippen molar-refractivity contribution in [1.82, 2.24) is 0 Å². The van der Waals surface area contributed by atoms with E-state index < -0.39 is 66.8 Å². The summed E-state index contributed by atoms with van der Waals surface area (Å²) in [5, 5.41) is 0. The fraction of sp³-hybridized carbons (Fsp3) is 1.00. The largest absolute Gasteiger partial charge is 0.392 e. The van der Waals surface area contributed by atoms with Crippen molar-refractivity contribution in [2.45, 2.75) is 434 Å². The second kappa shape index (κ2) is 61.9.